The van der Waals surface area contributed by atoms with Gasteiger partial charge in [0.25, 0.3) is 0 Å². The smallest absolute Gasteiger partial charge is 0.200 e. The Morgan fingerprint density at radius 1 is 0.889 bits per heavy atom. The Balaban J connectivity index is 1.11. The lowest BCUT2D eigenvalue weighted by Gasteiger charge is -2.34. The molecule has 0 spiro atoms. The highest BCUT2D eigenvalue weighted by molar-refractivity contribution is 5.33. The van der Waals surface area contributed by atoms with Crippen LogP contribution in [0.5, 0.6) is 5.75 Å². The topological polar surface area (TPSA) is 84.8 Å². The predicted molar refractivity (Wildman–Crippen MR) is 129 cm³/mol. The number of fused-ring (bicyclic) bond motifs is 2. The van der Waals surface area contributed by atoms with E-state index >= 15 is 0 Å². The highest BCUT2D eigenvalue weighted by Crippen LogP contribution is 2.48. The maximum atomic E-state index is 10.8. The highest BCUT2D eigenvalue weighted by atomic mass is 16.7. The molecule has 4 fully saturated rings. The molecule has 5 aliphatic rings. The average Bonchev–Trinajstić information content (AvgIpc) is 3.39. The summed E-state index contributed by atoms with van der Waals surface area (Å²) in [5, 5.41) is 10.8. The molecule has 4 aliphatic heterocycles. The summed E-state index contributed by atoms with van der Waals surface area (Å²) in [5.41, 5.74) is 1.09. The summed E-state index contributed by atoms with van der Waals surface area (Å²) in [4.78, 5) is 0. The molecule has 4 heterocycles. The number of hydrogen-bond donors (Lipinski definition) is 1. The van der Waals surface area contributed by atoms with Crippen LogP contribution in [0.3, 0.4) is 0 Å². The van der Waals surface area contributed by atoms with Gasteiger partial charge >= 0.3 is 0 Å². The molecule has 3 saturated heterocycles. The Hall–Kier alpha value is -1.26. The second kappa shape index (κ2) is 11.6. The fourth-order valence-corrected chi connectivity index (χ4v) is 6.59. The lowest BCUT2D eigenvalue weighted by Crippen LogP contribution is -2.41. The zero-order valence-electron chi connectivity index (χ0n) is 21.0. The van der Waals surface area contributed by atoms with Crippen LogP contribution in [0.25, 0.3) is 0 Å². The van der Waals surface area contributed by atoms with Gasteiger partial charge in [-0.2, -0.15) is 0 Å². The molecule has 0 radical (unpaired) electrons. The molecule has 6 rings (SSSR count). The molecule has 200 valence electrons. The lowest BCUT2D eigenvalue weighted by molar-refractivity contribution is -0.241. The average molecular weight is 505 g/mol. The first-order valence-electron chi connectivity index (χ1n) is 14.0. The zero-order chi connectivity index (χ0) is 24.3. The summed E-state index contributed by atoms with van der Waals surface area (Å²) in [6.07, 6.45) is 7.49. The van der Waals surface area contributed by atoms with Crippen LogP contribution in [0, 0.1) is 11.8 Å². The first-order valence-corrected chi connectivity index (χ1v) is 14.0. The van der Waals surface area contributed by atoms with Crippen LogP contribution in [0.2, 0.25) is 0 Å². The molecule has 1 aromatic rings. The van der Waals surface area contributed by atoms with E-state index in [0.29, 0.717) is 13.2 Å². The molecule has 36 heavy (non-hydrogen) atoms. The standard InChI is InChI=1S/C28H40O8/c29-28-27(36-24-12-4-6-15-31-24)26-19(21(16-22(26)35-28)34-23-11-3-5-14-30-23)9-7-13-25-32-17-18-8-1-2-10-20(18)33-25/h1-2,8,10,19,21-29H,3-7,9,11-17H2/t19-,21+,22-,23?,24?,25?,26+,27?,28?/m0/s1. The van der Waals surface area contributed by atoms with Crippen molar-refractivity contribution in [2.24, 2.45) is 11.8 Å². The van der Waals surface area contributed by atoms with E-state index in [1.54, 1.807) is 0 Å². The van der Waals surface area contributed by atoms with Gasteiger partial charge in [-0.1, -0.05) is 18.2 Å². The fourth-order valence-electron chi connectivity index (χ4n) is 6.59. The third-order valence-electron chi connectivity index (χ3n) is 8.38. The first kappa shape index (κ1) is 25.0. The van der Waals surface area contributed by atoms with Crippen molar-refractivity contribution < 1.29 is 38.3 Å². The Morgan fingerprint density at radius 3 is 2.44 bits per heavy atom. The summed E-state index contributed by atoms with van der Waals surface area (Å²) in [6, 6.07) is 8.05. The Kier molecular flexibility index (Phi) is 8.10. The van der Waals surface area contributed by atoms with Crippen LogP contribution in [0.4, 0.5) is 0 Å². The molecule has 1 aliphatic carbocycles. The van der Waals surface area contributed by atoms with Gasteiger partial charge in [-0.3, -0.25) is 0 Å². The minimum atomic E-state index is -0.929. The normalized spacial score (nSPS) is 40.4. The SMILES string of the molecule is OC1O[C@H]2C[C@@H](OC3CCCCO3)[C@H](CCCC3OCc4ccccc4O3)[C@H]2C1OC1CCCCO1. The van der Waals surface area contributed by atoms with E-state index in [1.807, 2.05) is 24.3 Å². The maximum Gasteiger partial charge on any atom is 0.200 e. The van der Waals surface area contributed by atoms with Crippen LogP contribution >= 0.6 is 0 Å². The number of para-hydroxylation sites is 1. The van der Waals surface area contributed by atoms with E-state index < -0.39 is 12.4 Å². The molecule has 1 aromatic carbocycles. The van der Waals surface area contributed by atoms with Crippen molar-refractivity contribution >= 4 is 0 Å². The Labute approximate surface area is 213 Å². The summed E-state index contributed by atoms with van der Waals surface area (Å²) in [6.45, 7) is 2.05. The molecule has 1 saturated carbocycles. The predicted octanol–water partition coefficient (Wildman–Crippen LogP) is 4.27. The van der Waals surface area contributed by atoms with Gasteiger partial charge in [0, 0.05) is 37.5 Å². The van der Waals surface area contributed by atoms with Crippen molar-refractivity contribution in [1.82, 2.24) is 0 Å². The maximum absolute atomic E-state index is 10.8. The molecule has 8 heteroatoms. The second-order valence-electron chi connectivity index (χ2n) is 10.8. The van der Waals surface area contributed by atoms with Gasteiger partial charge in [0.1, 0.15) is 11.9 Å². The Morgan fingerprint density at radius 2 is 1.67 bits per heavy atom. The van der Waals surface area contributed by atoms with Crippen molar-refractivity contribution in [3.63, 3.8) is 0 Å². The minimum Gasteiger partial charge on any atom is -0.465 e. The number of aliphatic hydroxyl groups is 1. The third-order valence-corrected chi connectivity index (χ3v) is 8.38. The van der Waals surface area contributed by atoms with E-state index in [1.165, 1.54) is 0 Å². The summed E-state index contributed by atoms with van der Waals surface area (Å²) in [5.74, 6) is 1.17. The van der Waals surface area contributed by atoms with Crippen LogP contribution in [-0.2, 0) is 35.0 Å². The highest BCUT2D eigenvalue weighted by Gasteiger charge is 2.56. The van der Waals surface area contributed by atoms with Crippen molar-refractivity contribution in [2.75, 3.05) is 13.2 Å². The van der Waals surface area contributed by atoms with Gasteiger partial charge in [0.15, 0.2) is 25.2 Å². The van der Waals surface area contributed by atoms with Crippen molar-refractivity contribution in [2.45, 2.75) is 114 Å². The van der Waals surface area contributed by atoms with E-state index in [0.717, 1.165) is 82.1 Å². The van der Waals surface area contributed by atoms with E-state index in [9.17, 15) is 5.11 Å². The molecule has 0 amide bonds. The third kappa shape index (κ3) is 5.60. The Bertz CT molecular complexity index is 839. The molecule has 0 aromatic heterocycles. The van der Waals surface area contributed by atoms with Crippen molar-refractivity contribution in [1.29, 1.82) is 0 Å². The van der Waals surface area contributed by atoms with Gasteiger partial charge in [0.05, 0.1) is 18.8 Å². The van der Waals surface area contributed by atoms with E-state index in [4.69, 9.17) is 33.2 Å². The number of hydrogen-bond acceptors (Lipinski definition) is 8. The van der Waals surface area contributed by atoms with Crippen LogP contribution in [-0.4, -0.2) is 61.8 Å². The van der Waals surface area contributed by atoms with Gasteiger partial charge < -0.3 is 38.3 Å². The molecular weight excluding hydrogens is 464 g/mol. The molecule has 8 nitrogen and oxygen atoms in total. The zero-order valence-corrected chi connectivity index (χ0v) is 21.0. The van der Waals surface area contributed by atoms with Gasteiger partial charge in [-0.15, -0.1) is 0 Å². The van der Waals surface area contributed by atoms with E-state index in [2.05, 4.69) is 0 Å². The number of ether oxygens (including phenoxy) is 7. The second-order valence-corrected chi connectivity index (χ2v) is 10.8. The largest absolute Gasteiger partial charge is 0.465 e. The summed E-state index contributed by atoms with van der Waals surface area (Å²) < 4.78 is 42.7. The van der Waals surface area contributed by atoms with Crippen molar-refractivity contribution in [3.05, 3.63) is 29.8 Å². The molecule has 0 bridgehead atoms. The first-order chi connectivity index (χ1) is 17.7. The number of aliphatic hydroxyl groups excluding tert-OH is 1. The van der Waals surface area contributed by atoms with Crippen molar-refractivity contribution in [3.8, 4) is 5.75 Å². The molecule has 9 atom stereocenters. The monoisotopic (exact) mass is 504 g/mol. The lowest BCUT2D eigenvalue weighted by atomic mass is 9.85. The van der Waals surface area contributed by atoms with Gasteiger partial charge in [-0.25, -0.2) is 0 Å². The van der Waals surface area contributed by atoms with E-state index in [-0.39, 0.29) is 42.9 Å². The van der Waals surface area contributed by atoms with Crippen LogP contribution < -0.4 is 4.74 Å². The number of benzene rings is 1. The molecule has 1 N–H and O–H groups in total. The summed E-state index contributed by atoms with van der Waals surface area (Å²) >= 11 is 0. The van der Waals surface area contributed by atoms with Crippen LogP contribution in [0.1, 0.15) is 69.8 Å². The molecule has 5 unspecified atom stereocenters. The van der Waals surface area contributed by atoms with Gasteiger partial charge in [-0.05, 0) is 63.4 Å². The minimum absolute atomic E-state index is 0.0166. The fraction of sp³-hybridized carbons (Fsp3) is 0.786. The number of rotatable bonds is 8. The molecular formula is C28H40O8. The summed E-state index contributed by atoms with van der Waals surface area (Å²) in [7, 11) is 0. The van der Waals surface area contributed by atoms with Crippen LogP contribution in [0.15, 0.2) is 24.3 Å². The quantitative estimate of drug-likeness (QED) is 0.562. The van der Waals surface area contributed by atoms with Gasteiger partial charge in [0.2, 0.25) is 0 Å².